The summed E-state index contributed by atoms with van der Waals surface area (Å²) in [7, 11) is 0. The second-order valence-corrected chi connectivity index (χ2v) is 4.97. The fourth-order valence-corrected chi connectivity index (χ4v) is 2.59. The largest absolute Gasteiger partial charge is 0.399 e. The molecule has 1 aromatic rings. The zero-order valence-corrected chi connectivity index (χ0v) is 10.2. The van der Waals surface area contributed by atoms with Crippen molar-refractivity contribution < 1.29 is 0 Å². The summed E-state index contributed by atoms with van der Waals surface area (Å²) in [6, 6.07) is 5.85. The summed E-state index contributed by atoms with van der Waals surface area (Å²) in [4.78, 5) is 1.20. The summed E-state index contributed by atoms with van der Waals surface area (Å²) in [5.41, 5.74) is 16.5. The van der Waals surface area contributed by atoms with Gasteiger partial charge in [-0.2, -0.15) is 5.10 Å². The van der Waals surface area contributed by atoms with Crippen LogP contribution in [0.3, 0.4) is 0 Å². The third kappa shape index (κ3) is 2.45. The number of nitrogens with one attached hydrogen (secondary N) is 1. The standard InChI is InChI=1S/C10H12N4S2/c11-6-1-2-9-7(5-6)8(3-4-16-9)13-14-10(12)15/h1-2,5H,3-4,11H2,(H3,12,14,15). The van der Waals surface area contributed by atoms with E-state index in [9.17, 15) is 0 Å². The van der Waals surface area contributed by atoms with Gasteiger partial charge in [0.25, 0.3) is 0 Å². The molecular weight excluding hydrogens is 240 g/mol. The average Bonchev–Trinajstić information content (AvgIpc) is 2.26. The quantitative estimate of drug-likeness (QED) is 0.399. The minimum Gasteiger partial charge on any atom is -0.399 e. The Bertz CT molecular complexity index is 456. The number of thiocarbonyl (C=S) groups is 1. The summed E-state index contributed by atoms with van der Waals surface area (Å²) in [6.45, 7) is 0. The predicted octanol–water partition coefficient (Wildman–Crippen LogP) is 1.30. The summed E-state index contributed by atoms with van der Waals surface area (Å²) in [6.07, 6.45) is 0.886. The molecule has 4 nitrogen and oxygen atoms in total. The lowest BCUT2D eigenvalue weighted by molar-refractivity contribution is 1.01. The van der Waals surface area contributed by atoms with Gasteiger partial charge in [0.05, 0.1) is 5.71 Å². The Morgan fingerprint density at radius 3 is 3.06 bits per heavy atom. The predicted molar refractivity (Wildman–Crippen MR) is 72.7 cm³/mol. The Hall–Kier alpha value is -1.27. The first-order valence-corrected chi connectivity index (χ1v) is 6.21. The molecule has 0 saturated heterocycles. The van der Waals surface area contributed by atoms with Crippen LogP contribution in [-0.4, -0.2) is 16.6 Å². The van der Waals surface area contributed by atoms with Gasteiger partial charge in [-0.05, 0) is 30.4 Å². The van der Waals surface area contributed by atoms with Crippen molar-refractivity contribution >= 4 is 40.5 Å². The first kappa shape index (κ1) is 11.2. The van der Waals surface area contributed by atoms with E-state index >= 15 is 0 Å². The van der Waals surface area contributed by atoms with Crippen molar-refractivity contribution in [3.8, 4) is 0 Å². The lowest BCUT2D eigenvalue weighted by Gasteiger charge is -2.17. The summed E-state index contributed by atoms with van der Waals surface area (Å²) < 4.78 is 0. The maximum absolute atomic E-state index is 5.76. The van der Waals surface area contributed by atoms with E-state index in [4.69, 9.17) is 23.7 Å². The van der Waals surface area contributed by atoms with E-state index in [1.165, 1.54) is 4.90 Å². The minimum atomic E-state index is 0.177. The average molecular weight is 252 g/mol. The highest BCUT2D eigenvalue weighted by Crippen LogP contribution is 2.31. The van der Waals surface area contributed by atoms with Crippen LogP contribution < -0.4 is 16.9 Å². The molecule has 2 rings (SSSR count). The van der Waals surface area contributed by atoms with Crippen LogP contribution in [0.5, 0.6) is 0 Å². The number of hydrogen-bond donors (Lipinski definition) is 3. The van der Waals surface area contributed by atoms with Crippen molar-refractivity contribution in [3.63, 3.8) is 0 Å². The highest BCUT2D eigenvalue weighted by molar-refractivity contribution is 7.99. The van der Waals surface area contributed by atoms with E-state index in [1.807, 2.05) is 30.0 Å². The number of benzene rings is 1. The first-order chi connectivity index (χ1) is 7.66. The van der Waals surface area contributed by atoms with Gasteiger partial charge >= 0.3 is 0 Å². The SMILES string of the molecule is NC(=S)NN=C1CCSc2ccc(N)cc21. The van der Waals surface area contributed by atoms with E-state index in [1.54, 1.807) is 0 Å². The summed E-state index contributed by atoms with van der Waals surface area (Å²) >= 11 is 6.53. The van der Waals surface area contributed by atoms with Crippen molar-refractivity contribution in [2.75, 3.05) is 11.5 Å². The Morgan fingerprint density at radius 1 is 1.50 bits per heavy atom. The molecule has 0 radical (unpaired) electrons. The molecule has 0 aromatic heterocycles. The molecule has 0 fully saturated rings. The summed E-state index contributed by atoms with van der Waals surface area (Å²) in [5, 5.41) is 4.37. The minimum absolute atomic E-state index is 0.177. The molecule has 6 heteroatoms. The van der Waals surface area contributed by atoms with Crippen LogP contribution in [0.2, 0.25) is 0 Å². The number of nitrogens with zero attached hydrogens (tertiary/aromatic N) is 1. The number of thioether (sulfide) groups is 1. The monoisotopic (exact) mass is 252 g/mol. The number of rotatable bonds is 1. The molecule has 0 aliphatic carbocycles. The molecule has 1 aromatic carbocycles. The van der Waals surface area contributed by atoms with Gasteiger partial charge in [0.2, 0.25) is 0 Å². The molecule has 0 amide bonds. The molecule has 5 N–H and O–H groups in total. The zero-order chi connectivity index (χ0) is 11.5. The molecule has 84 valence electrons. The molecule has 0 bridgehead atoms. The Morgan fingerprint density at radius 2 is 2.31 bits per heavy atom. The van der Waals surface area contributed by atoms with Crippen molar-refractivity contribution in [2.24, 2.45) is 10.8 Å². The lowest BCUT2D eigenvalue weighted by Crippen LogP contribution is -2.26. The smallest absolute Gasteiger partial charge is 0.184 e. The fourth-order valence-electron chi connectivity index (χ4n) is 1.53. The van der Waals surface area contributed by atoms with Crippen molar-refractivity contribution in [2.45, 2.75) is 11.3 Å². The Balaban J connectivity index is 2.35. The van der Waals surface area contributed by atoms with Gasteiger partial charge in [0, 0.05) is 28.3 Å². The third-order valence-electron chi connectivity index (χ3n) is 2.21. The number of nitrogen functional groups attached to an aromatic ring is 1. The van der Waals surface area contributed by atoms with Crippen LogP contribution in [0, 0.1) is 0 Å². The van der Waals surface area contributed by atoms with E-state index < -0.39 is 0 Å². The van der Waals surface area contributed by atoms with E-state index in [2.05, 4.69) is 10.5 Å². The molecule has 16 heavy (non-hydrogen) atoms. The van der Waals surface area contributed by atoms with Crippen molar-refractivity contribution in [1.29, 1.82) is 0 Å². The number of nitrogens with two attached hydrogens (primary N) is 2. The van der Waals surface area contributed by atoms with E-state index in [0.29, 0.717) is 0 Å². The summed E-state index contributed by atoms with van der Waals surface area (Å²) in [5.74, 6) is 1.01. The molecule has 1 aliphatic rings. The molecular formula is C10H12N4S2. The van der Waals surface area contributed by atoms with Gasteiger partial charge in [0.15, 0.2) is 5.11 Å². The normalized spacial score (nSPS) is 16.9. The number of fused-ring (bicyclic) bond motifs is 1. The molecule has 1 heterocycles. The van der Waals surface area contributed by atoms with Gasteiger partial charge in [-0.1, -0.05) is 0 Å². The van der Waals surface area contributed by atoms with Gasteiger partial charge in [-0.3, -0.25) is 5.43 Å². The molecule has 1 aliphatic heterocycles. The van der Waals surface area contributed by atoms with Crippen LogP contribution >= 0.6 is 24.0 Å². The number of hydrazone groups is 1. The topological polar surface area (TPSA) is 76.4 Å². The Kier molecular flexibility index (Phi) is 3.31. The van der Waals surface area contributed by atoms with Crippen LogP contribution in [0.15, 0.2) is 28.2 Å². The van der Waals surface area contributed by atoms with Gasteiger partial charge in [0.1, 0.15) is 0 Å². The number of hydrogen-bond acceptors (Lipinski definition) is 4. The van der Waals surface area contributed by atoms with Gasteiger partial charge in [-0.25, -0.2) is 0 Å². The van der Waals surface area contributed by atoms with Crippen molar-refractivity contribution in [3.05, 3.63) is 23.8 Å². The van der Waals surface area contributed by atoms with E-state index in [0.717, 1.165) is 29.1 Å². The van der Waals surface area contributed by atoms with E-state index in [-0.39, 0.29) is 5.11 Å². The first-order valence-electron chi connectivity index (χ1n) is 4.81. The second-order valence-electron chi connectivity index (χ2n) is 3.39. The van der Waals surface area contributed by atoms with Crippen LogP contribution in [0.4, 0.5) is 5.69 Å². The molecule has 0 spiro atoms. The maximum atomic E-state index is 5.76. The maximum Gasteiger partial charge on any atom is 0.184 e. The highest BCUT2D eigenvalue weighted by atomic mass is 32.2. The van der Waals surface area contributed by atoms with Gasteiger partial charge in [-0.15, -0.1) is 11.8 Å². The zero-order valence-electron chi connectivity index (χ0n) is 8.56. The molecule has 0 unspecified atom stereocenters. The fraction of sp³-hybridized carbons (Fsp3) is 0.200. The lowest BCUT2D eigenvalue weighted by atomic mass is 10.1. The Labute approximate surface area is 103 Å². The van der Waals surface area contributed by atoms with Crippen LogP contribution in [0.25, 0.3) is 0 Å². The second kappa shape index (κ2) is 4.71. The van der Waals surface area contributed by atoms with Gasteiger partial charge < -0.3 is 11.5 Å². The number of anilines is 1. The molecule has 0 atom stereocenters. The third-order valence-corrected chi connectivity index (χ3v) is 3.38. The molecule has 0 saturated carbocycles. The van der Waals surface area contributed by atoms with Crippen molar-refractivity contribution in [1.82, 2.24) is 5.43 Å². The van der Waals surface area contributed by atoms with Crippen LogP contribution in [-0.2, 0) is 0 Å². The highest BCUT2D eigenvalue weighted by Gasteiger charge is 2.16. The van der Waals surface area contributed by atoms with Crippen LogP contribution in [0.1, 0.15) is 12.0 Å².